The van der Waals surface area contributed by atoms with E-state index >= 15 is 0 Å². The van der Waals surface area contributed by atoms with Gasteiger partial charge in [-0.2, -0.15) is 0 Å². The highest BCUT2D eigenvalue weighted by Crippen LogP contribution is 2.24. The number of aryl methyl sites for hydroxylation is 1. The largest absolute Gasteiger partial charge is 0.444 e. The lowest BCUT2D eigenvalue weighted by Crippen LogP contribution is -2.53. The third-order valence-corrected chi connectivity index (χ3v) is 5.33. The second kappa shape index (κ2) is 7.44. The SMILES string of the molecule is Cc1ccc(CNC2(C)CCN(C(=O)OC(C)(C)C)CC2)cc1Br. The maximum Gasteiger partial charge on any atom is 0.410 e. The number of amides is 1. The summed E-state index contributed by atoms with van der Waals surface area (Å²) in [5.74, 6) is 0. The highest BCUT2D eigenvalue weighted by atomic mass is 79.9. The van der Waals surface area contributed by atoms with Gasteiger partial charge in [-0.3, -0.25) is 0 Å². The standard InChI is InChI=1S/C19H29BrN2O2/c1-14-6-7-15(12-16(14)20)13-21-19(5)8-10-22(11-9-19)17(23)24-18(2,3)4/h6-7,12,21H,8-11,13H2,1-5H3. The number of piperidine rings is 1. The Kier molecular flexibility index (Phi) is 5.97. The first-order chi connectivity index (χ1) is 11.1. The molecule has 4 nitrogen and oxygen atoms in total. The van der Waals surface area contributed by atoms with Crippen LogP contribution in [0, 0.1) is 6.92 Å². The van der Waals surface area contributed by atoms with E-state index in [0.29, 0.717) is 0 Å². The predicted octanol–water partition coefficient (Wildman–Crippen LogP) is 4.64. The molecule has 0 atom stereocenters. The molecule has 0 aliphatic carbocycles. The Morgan fingerprint density at radius 1 is 1.33 bits per heavy atom. The number of carbonyl (C=O) groups excluding carboxylic acids is 1. The van der Waals surface area contributed by atoms with Crippen molar-refractivity contribution in [1.29, 1.82) is 0 Å². The minimum atomic E-state index is -0.436. The van der Waals surface area contributed by atoms with Crippen LogP contribution in [-0.2, 0) is 11.3 Å². The first-order valence-electron chi connectivity index (χ1n) is 8.56. The van der Waals surface area contributed by atoms with Gasteiger partial charge in [0.1, 0.15) is 5.60 Å². The zero-order valence-corrected chi connectivity index (χ0v) is 17.0. The minimum Gasteiger partial charge on any atom is -0.444 e. The fourth-order valence-corrected chi connectivity index (χ4v) is 3.17. The third-order valence-electron chi connectivity index (χ3n) is 4.47. The van der Waals surface area contributed by atoms with Crippen molar-refractivity contribution in [3.63, 3.8) is 0 Å². The van der Waals surface area contributed by atoms with Crippen LogP contribution >= 0.6 is 15.9 Å². The average molecular weight is 397 g/mol. The first kappa shape index (κ1) is 19.3. The molecule has 1 fully saturated rings. The molecule has 0 bridgehead atoms. The Morgan fingerprint density at radius 3 is 2.50 bits per heavy atom. The molecule has 0 radical (unpaired) electrons. The van der Waals surface area contributed by atoms with E-state index in [1.807, 2.05) is 25.7 Å². The van der Waals surface area contributed by atoms with Crippen LogP contribution in [0.3, 0.4) is 0 Å². The molecule has 0 unspecified atom stereocenters. The molecule has 1 amide bonds. The molecule has 1 aromatic rings. The number of halogens is 1. The summed E-state index contributed by atoms with van der Waals surface area (Å²) in [7, 11) is 0. The molecule has 0 spiro atoms. The van der Waals surface area contributed by atoms with Gasteiger partial charge in [0.2, 0.25) is 0 Å². The fraction of sp³-hybridized carbons (Fsp3) is 0.632. The molecular formula is C19H29BrN2O2. The van der Waals surface area contributed by atoms with Gasteiger partial charge in [-0.05, 0) is 64.7 Å². The van der Waals surface area contributed by atoms with Crippen LogP contribution in [0.2, 0.25) is 0 Å². The summed E-state index contributed by atoms with van der Waals surface area (Å²) in [5.41, 5.74) is 2.13. The van der Waals surface area contributed by atoms with E-state index in [-0.39, 0.29) is 11.6 Å². The molecule has 0 aromatic heterocycles. The van der Waals surface area contributed by atoms with Gasteiger partial charge in [0.25, 0.3) is 0 Å². The molecule has 5 heteroatoms. The van der Waals surface area contributed by atoms with Crippen molar-refractivity contribution in [3.05, 3.63) is 33.8 Å². The lowest BCUT2D eigenvalue weighted by Gasteiger charge is -2.40. The van der Waals surface area contributed by atoms with Crippen LogP contribution in [0.15, 0.2) is 22.7 Å². The summed E-state index contributed by atoms with van der Waals surface area (Å²) in [5, 5.41) is 3.67. The second-order valence-corrected chi connectivity index (χ2v) is 8.82. The number of hydrogen-bond acceptors (Lipinski definition) is 3. The number of likely N-dealkylation sites (tertiary alicyclic amines) is 1. The number of hydrogen-bond donors (Lipinski definition) is 1. The van der Waals surface area contributed by atoms with Crippen molar-refractivity contribution in [1.82, 2.24) is 10.2 Å². The minimum absolute atomic E-state index is 0.0515. The first-order valence-corrected chi connectivity index (χ1v) is 9.35. The molecule has 1 saturated heterocycles. The number of nitrogens with one attached hydrogen (secondary N) is 1. The second-order valence-electron chi connectivity index (χ2n) is 7.97. The molecule has 1 aliphatic heterocycles. The van der Waals surface area contributed by atoms with Crippen molar-refractivity contribution in [2.24, 2.45) is 0 Å². The third kappa shape index (κ3) is 5.49. The Hall–Kier alpha value is -1.07. The van der Waals surface area contributed by atoms with Gasteiger partial charge in [-0.15, -0.1) is 0 Å². The van der Waals surface area contributed by atoms with E-state index in [9.17, 15) is 4.79 Å². The van der Waals surface area contributed by atoms with Crippen LogP contribution in [0.4, 0.5) is 4.79 Å². The van der Waals surface area contributed by atoms with Gasteiger partial charge in [-0.25, -0.2) is 4.79 Å². The summed E-state index contributed by atoms with van der Waals surface area (Å²) < 4.78 is 6.61. The van der Waals surface area contributed by atoms with Crippen LogP contribution in [0.5, 0.6) is 0 Å². The smallest absolute Gasteiger partial charge is 0.410 e. The zero-order valence-electron chi connectivity index (χ0n) is 15.4. The van der Waals surface area contributed by atoms with E-state index in [2.05, 4.69) is 53.3 Å². The van der Waals surface area contributed by atoms with Crippen LogP contribution in [-0.4, -0.2) is 35.2 Å². The van der Waals surface area contributed by atoms with Crippen molar-refractivity contribution < 1.29 is 9.53 Å². The fourth-order valence-electron chi connectivity index (χ4n) is 2.75. The lowest BCUT2D eigenvalue weighted by molar-refractivity contribution is 0.0157. The molecule has 2 rings (SSSR count). The maximum absolute atomic E-state index is 12.2. The molecule has 1 aromatic carbocycles. The molecule has 1 heterocycles. The summed E-state index contributed by atoms with van der Waals surface area (Å²) in [6, 6.07) is 6.46. The maximum atomic E-state index is 12.2. The average Bonchev–Trinajstić information content (AvgIpc) is 2.47. The molecular weight excluding hydrogens is 368 g/mol. The van der Waals surface area contributed by atoms with E-state index in [0.717, 1.165) is 36.9 Å². The van der Waals surface area contributed by atoms with Crippen molar-refractivity contribution >= 4 is 22.0 Å². The van der Waals surface area contributed by atoms with E-state index in [4.69, 9.17) is 4.74 Å². The summed E-state index contributed by atoms with van der Waals surface area (Å²) in [6.07, 6.45) is 1.66. The van der Waals surface area contributed by atoms with E-state index < -0.39 is 5.60 Å². The molecule has 0 saturated carbocycles. The monoisotopic (exact) mass is 396 g/mol. The Balaban J connectivity index is 1.85. The number of carbonyl (C=O) groups is 1. The molecule has 134 valence electrons. The van der Waals surface area contributed by atoms with Gasteiger partial charge < -0.3 is 15.0 Å². The van der Waals surface area contributed by atoms with Crippen molar-refractivity contribution in [3.8, 4) is 0 Å². The van der Waals surface area contributed by atoms with Crippen LogP contribution in [0.25, 0.3) is 0 Å². The molecule has 24 heavy (non-hydrogen) atoms. The Labute approximate surface area is 154 Å². The summed E-state index contributed by atoms with van der Waals surface area (Å²) in [6.45, 7) is 12.3. The number of benzene rings is 1. The molecule has 1 aliphatic rings. The number of ether oxygens (including phenoxy) is 1. The molecule has 1 N–H and O–H groups in total. The summed E-state index contributed by atoms with van der Waals surface area (Å²) in [4.78, 5) is 14.0. The van der Waals surface area contributed by atoms with Gasteiger partial charge in [0, 0.05) is 29.6 Å². The normalized spacial score (nSPS) is 17.7. The lowest BCUT2D eigenvalue weighted by atomic mass is 9.89. The van der Waals surface area contributed by atoms with Gasteiger partial charge in [0.15, 0.2) is 0 Å². The number of rotatable bonds is 3. The van der Waals surface area contributed by atoms with E-state index in [1.54, 1.807) is 0 Å². The number of nitrogens with zero attached hydrogens (tertiary/aromatic N) is 1. The highest BCUT2D eigenvalue weighted by molar-refractivity contribution is 9.10. The Bertz CT molecular complexity index is 588. The van der Waals surface area contributed by atoms with Crippen molar-refractivity contribution in [2.75, 3.05) is 13.1 Å². The zero-order chi connectivity index (χ0) is 18.0. The Morgan fingerprint density at radius 2 is 1.96 bits per heavy atom. The van der Waals surface area contributed by atoms with Gasteiger partial charge >= 0.3 is 6.09 Å². The van der Waals surface area contributed by atoms with Crippen molar-refractivity contribution in [2.45, 2.75) is 65.1 Å². The van der Waals surface area contributed by atoms with E-state index in [1.165, 1.54) is 11.1 Å². The van der Waals surface area contributed by atoms with Gasteiger partial charge in [0.05, 0.1) is 0 Å². The van der Waals surface area contributed by atoms with Gasteiger partial charge in [-0.1, -0.05) is 28.1 Å². The topological polar surface area (TPSA) is 41.6 Å². The predicted molar refractivity (Wildman–Crippen MR) is 101 cm³/mol. The van der Waals surface area contributed by atoms with Crippen LogP contribution in [0.1, 0.15) is 51.7 Å². The highest BCUT2D eigenvalue weighted by Gasteiger charge is 2.33. The quantitative estimate of drug-likeness (QED) is 0.808. The summed E-state index contributed by atoms with van der Waals surface area (Å²) >= 11 is 3.59. The van der Waals surface area contributed by atoms with Crippen LogP contribution < -0.4 is 5.32 Å².